The number of hydrogen-bond donors (Lipinski definition) is 2. The molecule has 5 rings (SSSR count). The Hall–Kier alpha value is -4.84. The van der Waals surface area contributed by atoms with Crippen LogP contribution in [0.2, 0.25) is 0 Å². The van der Waals surface area contributed by atoms with Crippen LogP contribution >= 0.6 is 0 Å². The van der Waals surface area contributed by atoms with Crippen LogP contribution in [0.5, 0.6) is 0 Å². The third-order valence-electron chi connectivity index (χ3n) is 5.66. The van der Waals surface area contributed by atoms with Gasteiger partial charge in [0.2, 0.25) is 0 Å². The van der Waals surface area contributed by atoms with Crippen LogP contribution in [0.1, 0.15) is 27.2 Å². The van der Waals surface area contributed by atoms with Crippen LogP contribution in [0.4, 0.5) is 5.82 Å². The van der Waals surface area contributed by atoms with E-state index in [4.69, 9.17) is 15.6 Å². The summed E-state index contributed by atoms with van der Waals surface area (Å²) in [5, 5.41) is 18.7. The largest absolute Gasteiger partial charge is 0.483 e. The average Bonchev–Trinajstić information content (AvgIpc) is 2.88. The summed E-state index contributed by atoms with van der Waals surface area (Å²) in [6, 6.07) is 13.5. The molecule has 0 saturated carbocycles. The number of carboxylic acid groups (broad SMARTS) is 1. The number of aromatic nitrogens is 3. The van der Waals surface area contributed by atoms with Gasteiger partial charge in [0.25, 0.3) is 12.4 Å². The highest BCUT2D eigenvalue weighted by molar-refractivity contribution is 5.99. The molecule has 0 saturated heterocycles. The first kappa shape index (κ1) is 22.4. The van der Waals surface area contributed by atoms with E-state index in [1.54, 1.807) is 41.8 Å². The SMILES string of the molecule is N#Cc1c(N)nc2c(c1-c1cccc3cnccc13)CN(C(=O)c1ccncc1)CC2.O=CO. The van der Waals surface area contributed by atoms with Gasteiger partial charge in [-0.3, -0.25) is 19.6 Å². The van der Waals surface area contributed by atoms with E-state index in [9.17, 15) is 10.1 Å². The minimum absolute atomic E-state index is 0.0727. The maximum absolute atomic E-state index is 13.1. The number of nitrogens with zero attached hydrogens (tertiary/aromatic N) is 5. The molecule has 34 heavy (non-hydrogen) atoms. The lowest BCUT2D eigenvalue weighted by Crippen LogP contribution is -2.37. The lowest BCUT2D eigenvalue weighted by Gasteiger charge is -2.31. The second kappa shape index (κ2) is 9.75. The quantitative estimate of drug-likeness (QED) is 0.441. The van der Waals surface area contributed by atoms with Crippen molar-refractivity contribution in [2.24, 2.45) is 0 Å². The second-order valence-corrected chi connectivity index (χ2v) is 7.50. The predicted octanol–water partition coefficient (Wildman–Crippen LogP) is 3.04. The molecule has 3 N–H and O–H groups in total. The van der Waals surface area contributed by atoms with E-state index in [1.807, 2.05) is 24.3 Å². The molecule has 1 aliphatic rings. The fourth-order valence-corrected chi connectivity index (χ4v) is 4.18. The van der Waals surface area contributed by atoms with Gasteiger partial charge < -0.3 is 15.7 Å². The third kappa shape index (κ3) is 4.12. The molecule has 9 heteroatoms. The first-order valence-electron chi connectivity index (χ1n) is 10.4. The summed E-state index contributed by atoms with van der Waals surface area (Å²) in [6.07, 6.45) is 7.31. The molecule has 0 bridgehead atoms. The van der Waals surface area contributed by atoms with Gasteiger partial charge in [-0.15, -0.1) is 0 Å². The van der Waals surface area contributed by atoms with Gasteiger partial charge in [0.1, 0.15) is 17.5 Å². The van der Waals surface area contributed by atoms with Crippen molar-refractivity contribution in [2.75, 3.05) is 12.3 Å². The number of carbonyl (C=O) groups is 2. The molecule has 1 aromatic carbocycles. The zero-order valence-corrected chi connectivity index (χ0v) is 18.0. The maximum atomic E-state index is 13.1. The Morgan fingerprint density at radius 3 is 2.62 bits per heavy atom. The van der Waals surface area contributed by atoms with Crippen molar-refractivity contribution in [1.29, 1.82) is 5.26 Å². The molecule has 4 heterocycles. The van der Waals surface area contributed by atoms with Crippen molar-refractivity contribution in [3.8, 4) is 17.2 Å². The van der Waals surface area contributed by atoms with Crippen LogP contribution < -0.4 is 5.73 Å². The molecule has 0 unspecified atom stereocenters. The molecule has 0 spiro atoms. The van der Waals surface area contributed by atoms with Gasteiger partial charge in [-0.05, 0) is 29.1 Å². The number of anilines is 1. The smallest absolute Gasteiger partial charge is 0.290 e. The summed E-state index contributed by atoms with van der Waals surface area (Å²) < 4.78 is 0. The first-order chi connectivity index (χ1) is 16.6. The molecular formula is C25H20N6O3. The highest BCUT2D eigenvalue weighted by Crippen LogP contribution is 2.38. The number of nitrogens with two attached hydrogens (primary N) is 1. The number of rotatable bonds is 2. The number of benzene rings is 1. The van der Waals surface area contributed by atoms with Gasteiger partial charge in [-0.25, -0.2) is 4.98 Å². The number of amides is 1. The number of hydrogen-bond acceptors (Lipinski definition) is 7. The topological polar surface area (TPSA) is 146 Å². The molecule has 1 aliphatic heterocycles. The van der Waals surface area contributed by atoms with E-state index in [0.29, 0.717) is 30.6 Å². The molecule has 0 radical (unpaired) electrons. The number of fused-ring (bicyclic) bond motifs is 2. The Bertz CT molecular complexity index is 1410. The van der Waals surface area contributed by atoms with Gasteiger partial charge >= 0.3 is 0 Å². The number of pyridine rings is 3. The van der Waals surface area contributed by atoms with E-state index in [2.05, 4.69) is 21.0 Å². The van der Waals surface area contributed by atoms with Crippen LogP contribution in [0.25, 0.3) is 21.9 Å². The van der Waals surface area contributed by atoms with Crippen molar-refractivity contribution in [3.63, 3.8) is 0 Å². The van der Waals surface area contributed by atoms with E-state index in [0.717, 1.165) is 33.2 Å². The van der Waals surface area contributed by atoms with Crippen molar-refractivity contribution in [2.45, 2.75) is 13.0 Å². The summed E-state index contributed by atoms with van der Waals surface area (Å²) in [6.45, 7) is 0.640. The Balaban J connectivity index is 0.000000868. The van der Waals surface area contributed by atoms with Gasteiger partial charge in [0, 0.05) is 66.4 Å². The normalized spacial score (nSPS) is 12.1. The lowest BCUT2D eigenvalue weighted by molar-refractivity contribution is -0.122. The first-order valence-corrected chi connectivity index (χ1v) is 10.4. The van der Waals surface area contributed by atoms with E-state index >= 15 is 0 Å². The minimum Gasteiger partial charge on any atom is -0.483 e. The molecule has 0 atom stereocenters. The van der Waals surface area contributed by atoms with Crippen molar-refractivity contribution in [3.05, 3.63) is 83.6 Å². The summed E-state index contributed by atoms with van der Waals surface area (Å²) >= 11 is 0. The van der Waals surface area contributed by atoms with Gasteiger partial charge in [-0.1, -0.05) is 18.2 Å². The van der Waals surface area contributed by atoms with Crippen molar-refractivity contribution < 1.29 is 14.7 Å². The van der Waals surface area contributed by atoms with Crippen molar-refractivity contribution >= 4 is 29.0 Å². The van der Waals surface area contributed by atoms with Crippen molar-refractivity contribution in [1.82, 2.24) is 19.9 Å². The van der Waals surface area contributed by atoms with E-state index in [-0.39, 0.29) is 18.2 Å². The number of nitrogen functional groups attached to an aromatic ring is 1. The van der Waals surface area contributed by atoms with E-state index in [1.165, 1.54) is 0 Å². The number of carbonyl (C=O) groups excluding carboxylic acids is 1. The average molecular weight is 452 g/mol. The Morgan fingerprint density at radius 2 is 1.88 bits per heavy atom. The van der Waals surface area contributed by atoms with Crippen LogP contribution in [-0.4, -0.2) is 43.9 Å². The van der Waals surface area contributed by atoms with Crippen LogP contribution in [0.15, 0.2) is 61.2 Å². The fourth-order valence-electron chi connectivity index (χ4n) is 4.18. The number of nitriles is 1. The summed E-state index contributed by atoms with van der Waals surface area (Å²) in [4.78, 5) is 35.9. The molecule has 168 valence electrons. The highest BCUT2D eigenvalue weighted by Gasteiger charge is 2.28. The van der Waals surface area contributed by atoms with Crippen LogP contribution in [-0.2, 0) is 17.8 Å². The van der Waals surface area contributed by atoms with Crippen LogP contribution in [0.3, 0.4) is 0 Å². The lowest BCUT2D eigenvalue weighted by atomic mass is 9.88. The molecule has 3 aromatic heterocycles. The zero-order valence-electron chi connectivity index (χ0n) is 18.0. The van der Waals surface area contributed by atoms with Gasteiger partial charge in [0.15, 0.2) is 0 Å². The summed E-state index contributed by atoms with van der Waals surface area (Å²) in [5.41, 5.74) is 10.4. The molecule has 1 amide bonds. The fraction of sp³-hybridized carbons (Fsp3) is 0.120. The molecular weight excluding hydrogens is 432 g/mol. The molecule has 0 aliphatic carbocycles. The molecule has 4 aromatic rings. The monoisotopic (exact) mass is 452 g/mol. The Kier molecular flexibility index (Phi) is 6.41. The molecule has 9 nitrogen and oxygen atoms in total. The highest BCUT2D eigenvalue weighted by atomic mass is 16.3. The maximum Gasteiger partial charge on any atom is 0.290 e. The summed E-state index contributed by atoms with van der Waals surface area (Å²) in [7, 11) is 0. The Labute approximate surface area is 195 Å². The minimum atomic E-state index is -0.250. The van der Waals surface area contributed by atoms with E-state index < -0.39 is 0 Å². The zero-order chi connectivity index (χ0) is 24.1. The standard InChI is InChI=1S/C24H18N6O.CH2O2/c25-12-19-22(18-3-1-2-16-13-28-10-6-17(16)18)20-14-30(11-7-21(20)29-23(19)26)24(31)15-4-8-27-9-5-15;2-1-3/h1-6,8-10,13H,7,11,14H2,(H2,26,29);1H,(H,2,3). The summed E-state index contributed by atoms with van der Waals surface area (Å²) in [5.74, 6) is 0.146. The van der Waals surface area contributed by atoms with Gasteiger partial charge in [0.05, 0.1) is 5.69 Å². The third-order valence-corrected chi connectivity index (χ3v) is 5.66. The van der Waals surface area contributed by atoms with Gasteiger partial charge in [-0.2, -0.15) is 5.26 Å². The van der Waals surface area contributed by atoms with Crippen LogP contribution in [0, 0.1) is 11.3 Å². The predicted molar refractivity (Wildman–Crippen MR) is 125 cm³/mol. The second-order valence-electron chi connectivity index (χ2n) is 7.50. The molecule has 0 fully saturated rings. The Morgan fingerprint density at radius 1 is 1.15 bits per heavy atom.